The van der Waals surface area contributed by atoms with Gasteiger partial charge in [-0.2, -0.15) is 0 Å². The van der Waals surface area contributed by atoms with Crippen molar-refractivity contribution in [3.05, 3.63) is 66.1 Å². The highest BCUT2D eigenvalue weighted by atomic mass is 16.5. The van der Waals surface area contributed by atoms with Crippen molar-refractivity contribution < 1.29 is 18.7 Å². The number of ether oxygens (including phenoxy) is 1. The van der Waals surface area contributed by atoms with Gasteiger partial charge in [0.2, 0.25) is 5.91 Å². The number of fused-ring (bicyclic) bond motifs is 1. The van der Waals surface area contributed by atoms with Gasteiger partial charge in [0.25, 0.3) is 5.91 Å². The summed E-state index contributed by atoms with van der Waals surface area (Å²) in [6.07, 6.45) is 4.87. The molecule has 1 N–H and O–H groups in total. The Kier molecular flexibility index (Phi) is 6.41. The molecular formula is C29H35N3O4. The van der Waals surface area contributed by atoms with E-state index in [0.29, 0.717) is 36.4 Å². The fourth-order valence-corrected chi connectivity index (χ4v) is 5.72. The molecule has 0 unspecified atom stereocenters. The number of hydrogen-bond acceptors (Lipinski definition) is 4. The Balaban J connectivity index is 1.53. The zero-order valence-electron chi connectivity index (χ0n) is 21.5. The lowest BCUT2D eigenvalue weighted by atomic mass is 9.77. The molecule has 7 nitrogen and oxygen atoms in total. The highest BCUT2D eigenvalue weighted by molar-refractivity contribution is 6.00. The molecule has 5 rings (SSSR count). The fourth-order valence-electron chi connectivity index (χ4n) is 5.72. The summed E-state index contributed by atoms with van der Waals surface area (Å²) in [7, 11) is 1.62. The number of aromatic nitrogens is 1. The zero-order chi connectivity index (χ0) is 25.4. The summed E-state index contributed by atoms with van der Waals surface area (Å²) in [5, 5.41) is 3.35. The van der Waals surface area contributed by atoms with Gasteiger partial charge in [-0.3, -0.25) is 9.59 Å². The van der Waals surface area contributed by atoms with Crippen LogP contribution in [0.3, 0.4) is 0 Å². The highest BCUT2D eigenvalue weighted by Gasteiger charge is 2.48. The summed E-state index contributed by atoms with van der Waals surface area (Å²) in [5.74, 6) is 2.04. The lowest BCUT2D eigenvalue weighted by molar-refractivity contribution is -0.134. The molecule has 0 radical (unpaired) electrons. The first-order valence-electron chi connectivity index (χ1n) is 12.8. The zero-order valence-corrected chi connectivity index (χ0v) is 21.5. The Labute approximate surface area is 212 Å². The van der Waals surface area contributed by atoms with Crippen molar-refractivity contribution in [2.45, 2.75) is 64.7 Å². The third-order valence-corrected chi connectivity index (χ3v) is 8.27. The smallest absolute Gasteiger partial charge is 0.271 e. The van der Waals surface area contributed by atoms with Crippen molar-refractivity contribution in [1.82, 2.24) is 14.8 Å². The van der Waals surface area contributed by atoms with Gasteiger partial charge in [-0.05, 0) is 67.1 Å². The molecule has 7 heteroatoms. The normalized spacial score (nSPS) is 25.9. The summed E-state index contributed by atoms with van der Waals surface area (Å²) in [4.78, 5) is 29.7. The maximum Gasteiger partial charge on any atom is 0.271 e. The number of carbonyl (C=O) groups excluding carboxylic acids is 2. The van der Waals surface area contributed by atoms with Gasteiger partial charge in [0.1, 0.15) is 22.7 Å². The molecule has 2 amide bonds. The third kappa shape index (κ3) is 4.21. The molecule has 190 valence electrons. The van der Waals surface area contributed by atoms with Crippen LogP contribution in [0.4, 0.5) is 0 Å². The van der Waals surface area contributed by atoms with E-state index >= 15 is 0 Å². The van der Waals surface area contributed by atoms with Crippen LogP contribution in [0.2, 0.25) is 0 Å². The van der Waals surface area contributed by atoms with Crippen LogP contribution < -0.4 is 10.1 Å². The van der Waals surface area contributed by atoms with Crippen LogP contribution >= 0.6 is 0 Å². The first kappa shape index (κ1) is 24.2. The third-order valence-electron chi connectivity index (χ3n) is 8.27. The Morgan fingerprint density at radius 1 is 1.14 bits per heavy atom. The fraction of sp³-hybridized carbons (Fsp3) is 0.448. The predicted molar refractivity (Wildman–Crippen MR) is 138 cm³/mol. The molecule has 1 aliphatic heterocycles. The molecule has 4 atom stereocenters. The second-order valence-corrected chi connectivity index (χ2v) is 10.5. The molecule has 0 saturated heterocycles. The van der Waals surface area contributed by atoms with Crippen molar-refractivity contribution in [3.8, 4) is 17.2 Å². The standard InChI is InChI=1S/C29H35N3O4/c1-19-8-5-11-23(20(19)2)30-28(34)29(3)18-31-24(26-12-7-15-36-26)13-14-25(31)27(33)32(29)17-21-9-6-10-22(16-21)35-4/h6-7,9-10,12-16,19-20,23H,5,8,11,17-18H2,1-4H3,(H,30,34)/t19-,20-,23-,29-/m1/s1. The van der Waals surface area contributed by atoms with Gasteiger partial charge in [0, 0.05) is 12.6 Å². The number of furan rings is 1. The summed E-state index contributed by atoms with van der Waals surface area (Å²) >= 11 is 0. The SMILES string of the molecule is COc1cccc(CN2C(=O)c3ccc(-c4ccco4)n3C[C@]2(C)C(=O)N[C@@H]2CCC[C@@H](C)[C@H]2C)c1. The van der Waals surface area contributed by atoms with Crippen molar-refractivity contribution in [1.29, 1.82) is 0 Å². The molecule has 0 bridgehead atoms. The average molecular weight is 490 g/mol. The average Bonchev–Trinajstić information content (AvgIpc) is 3.54. The van der Waals surface area contributed by atoms with Crippen LogP contribution in [0.1, 0.15) is 56.1 Å². The van der Waals surface area contributed by atoms with Gasteiger partial charge in [-0.15, -0.1) is 0 Å². The first-order chi connectivity index (χ1) is 17.3. The van der Waals surface area contributed by atoms with Gasteiger partial charge in [-0.25, -0.2) is 0 Å². The number of nitrogens with one attached hydrogen (secondary N) is 1. The van der Waals surface area contributed by atoms with E-state index in [0.717, 1.165) is 29.8 Å². The van der Waals surface area contributed by atoms with Gasteiger partial charge < -0.3 is 23.9 Å². The number of nitrogens with zero attached hydrogens (tertiary/aromatic N) is 2. The number of amides is 2. The molecule has 1 aliphatic carbocycles. The van der Waals surface area contributed by atoms with E-state index in [1.54, 1.807) is 18.3 Å². The van der Waals surface area contributed by atoms with Crippen LogP contribution in [0.25, 0.3) is 11.5 Å². The molecule has 2 aliphatic rings. The molecule has 1 aromatic carbocycles. The summed E-state index contributed by atoms with van der Waals surface area (Å²) in [5.41, 5.74) is 1.17. The van der Waals surface area contributed by atoms with Crippen molar-refractivity contribution in [2.24, 2.45) is 11.8 Å². The summed E-state index contributed by atoms with van der Waals surface area (Å²) in [6.45, 7) is 7.00. The Hall–Kier alpha value is -3.48. The van der Waals surface area contributed by atoms with E-state index in [2.05, 4.69) is 19.2 Å². The number of hydrogen-bond donors (Lipinski definition) is 1. The van der Waals surface area contributed by atoms with Crippen molar-refractivity contribution >= 4 is 11.8 Å². The number of benzene rings is 1. The van der Waals surface area contributed by atoms with E-state index in [-0.39, 0.29) is 17.9 Å². The maximum absolute atomic E-state index is 14.1. The molecule has 3 heterocycles. The topological polar surface area (TPSA) is 76.7 Å². The van der Waals surface area contributed by atoms with E-state index < -0.39 is 5.54 Å². The molecule has 36 heavy (non-hydrogen) atoms. The van der Waals surface area contributed by atoms with E-state index in [4.69, 9.17) is 9.15 Å². The highest BCUT2D eigenvalue weighted by Crippen LogP contribution is 2.36. The second kappa shape index (κ2) is 9.52. The molecule has 1 fully saturated rings. The number of carbonyl (C=O) groups is 2. The molecule has 1 saturated carbocycles. The largest absolute Gasteiger partial charge is 0.497 e. The second-order valence-electron chi connectivity index (χ2n) is 10.5. The summed E-state index contributed by atoms with van der Waals surface area (Å²) < 4.78 is 13.0. The number of rotatable bonds is 6. The monoisotopic (exact) mass is 489 g/mol. The van der Waals surface area contributed by atoms with Crippen LogP contribution in [0.5, 0.6) is 5.75 Å². The van der Waals surface area contributed by atoms with E-state index in [1.807, 2.05) is 60.0 Å². The summed E-state index contributed by atoms with van der Waals surface area (Å²) in [6, 6.07) is 15.2. The Bertz CT molecular complexity index is 1250. The molecule has 2 aromatic heterocycles. The van der Waals surface area contributed by atoms with Gasteiger partial charge >= 0.3 is 0 Å². The lowest BCUT2D eigenvalue weighted by Gasteiger charge is -2.46. The quantitative estimate of drug-likeness (QED) is 0.522. The minimum absolute atomic E-state index is 0.0995. The van der Waals surface area contributed by atoms with Crippen LogP contribution in [-0.4, -0.2) is 40.0 Å². The van der Waals surface area contributed by atoms with Crippen molar-refractivity contribution in [3.63, 3.8) is 0 Å². The minimum atomic E-state index is -1.09. The van der Waals surface area contributed by atoms with E-state index in [9.17, 15) is 9.59 Å². The Morgan fingerprint density at radius 3 is 2.69 bits per heavy atom. The Morgan fingerprint density at radius 2 is 1.94 bits per heavy atom. The maximum atomic E-state index is 14.1. The van der Waals surface area contributed by atoms with Crippen LogP contribution in [0, 0.1) is 11.8 Å². The first-order valence-corrected chi connectivity index (χ1v) is 12.8. The minimum Gasteiger partial charge on any atom is -0.497 e. The predicted octanol–water partition coefficient (Wildman–Crippen LogP) is 5.11. The van der Waals surface area contributed by atoms with Gasteiger partial charge in [0.15, 0.2) is 0 Å². The lowest BCUT2D eigenvalue weighted by Crippen LogP contribution is -2.65. The van der Waals surface area contributed by atoms with Gasteiger partial charge in [-0.1, -0.05) is 38.8 Å². The van der Waals surface area contributed by atoms with Crippen LogP contribution in [0.15, 0.2) is 59.2 Å². The van der Waals surface area contributed by atoms with Crippen LogP contribution in [-0.2, 0) is 17.9 Å². The van der Waals surface area contributed by atoms with E-state index in [1.165, 1.54) is 6.42 Å². The van der Waals surface area contributed by atoms with Crippen molar-refractivity contribution in [2.75, 3.05) is 7.11 Å². The molecular weight excluding hydrogens is 454 g/mol. The molecule has 3 aromatic rings. The molecule has 0 spiro atoms. The van der Waals surface area contributed by atoms with Gasteiger partial charge in [0.05, 0.1) is 25.6 Å². The number of methoxy groups -OCH3 is 1.